The van der Waals surface area contributed by atoms with Gasteiger partial charge in [-0.25, -0.2) is 0 Å². The minimum Gasteiger partial charge on any atom is -0.481 e. The number of aromatic nitrogens is 1. The second-order valence-electron chi connectivity index (χ2n) is 2.73. The molecule has 0 fully saturated rings. The molecule has 1 N–H and O–H groups in total. The third-order valence-corrected chi connectivity index (χ3v) is 2.74. The highest BCUT2D eigenvalue weighted by Gasteiger charge is 2.11. The average molecular weight is 209 g/mol. The highest BCUT2D eigenvalue weighted by molar-refractivity contribution is 7.13. The lowest BCUT2D eigenvalue weighted by atomic mass is 10.1. The maximum absolute atomic E-state index is 10.5. The minimum atomic E-state index is -0.840. The van der Waals surface area contributed by atoms with Gasteiger partial charge < -0.3 is 9.63 Å². The summed E-state index contributed by atoms with van der Waals surface area (Å²) in [5.74, 6) is -0.840. The molecule has 0 unspecified atom stereocenters. The Balaban J connectivity index is 2.35. The third kappa shape index (κ3) is 1.67. The molecule has 0 spiro atoms. The van der Waals surface area contributed by atoms with Crippen LogP contribution in [-0.4, -0.2) is 16.2 Å². The second kappa shape index (κ2) is 3.63. The molecule has 0 aromatic carbocycles. The number of nitrogens with zero attached hydrogens (tertiary/aromatic N) is 1. The second-order valence-corrected chi connectivity index (χ2v) is 3.65. The molecule has 2 heterocycles. The Hall–Kier alpha value is -1.62. The van der Waals surface area contributed by atoms with Gasteiger partial charge >= 0.3 is 5.97 Å². The first kappa shape index (κ1) is 8.96. The van der Waals surface area contributed by atoms with Crippen LogP contribution in [0.3, 0.4) is 0 Å². The van der Waals surface area contributed by atoms with Crippen LogP contribution in [0, 0.1) is 0 Å². The lowest BCUT2D eigenvalue weighted by molar-refractivity contribution is -0.136. The Morgan fingerprint density at radius 3 is 3.07 bits per heavy atom. The number of hydrogen-bond acceptors (Lipinski definition) is 4. The summed E-state index contributed by atoms with van der Waals surface area (Å²) in [6.45, 7) is 0. The average Bonchev–Trinajstić information content (AvgIpc) is 2.70. The van der Waals surface area contributed by atoms with Gasteiger partial charge in [0.15, 0.2) is 0 Å². The standard InChI is InChI=1S/C9H7NO3S/c11-8(12)5-6-2-4-14-9(6)7-1-3-13-10-7/h1-4H,5H2,(H,11,12). The molecule has 0 bridgehead atoms. The lowest BCUT2D eigenvalue weighted by Gasteiger charge is -1.95. The van der Waals surface area contributed by atoms with Gasteiger partial charge in [0.05, 0.1) is 11.3 Å². The molecular formula is C9H7NO3S. The lowest BCUT2D eigenvalue weighted by Crippen LogP contribution is -1.99. The zero-order valence-corrected chi connectivity index (χ0v) is 7.95. The van der Waals surface area contributed by atoms with E-state index >= 15 is 0 Å². The number of thiophene rings is 1. The van der Waals surface area contributed by atoms with Gasteiger partial charge in [0.2, 0.25) is 0 Å². The molecule has 0 saturated carbocycles. The van der Waals surface area contributed by atoms with E-state index in [1.807, 2.05) is 5.38 Å². The summed E-state index contributed by atoms with van der Waals surface area (Å²) in [6.07, 6.45) is 1.49. The van der Waals surface area contributed by atoms with Gasteiger partial charge in [-0.05, 0) is 17.0 Å². The predicted octanol–water partition coefficient (Wildman–Crippen LogP) is 2.03. The summed E-state index contributed by atoms with van der Waals surface area (Å²) in [7, 11) is 0. The van der Waals surface area contributed by atoms with Crippen LogP contribution in [0.4, 0.5) is 0 Å². The Bertz CT molecular complexity index is 433. The zero-order chi connectivity index (χ0) is 9.97. The summed E-state index contributed by atoms with van der Waals surface area (Å²) >= 11 is 1.46. The molecular weight excluding hydrogens is 202 g/mol. The fraction of sp³-hybridized carbons (Fsp3) is 0.111. The van der Waals surface area contributed by atoms with Gasteiger partial charge in [0.1, 0.15) is 12.0 Å². The van der Waals surface area contributed by atoms with Crippen molar-refractivity contribution in [3.8, 4) is 10.6 Å². The van der Waals surface area contributed by atoms with Crippen LogP contribution in [0.25, 0.3) is 10.6 Å². The normalized spacial score (nSPS) is 10.3. The van der Waals surface area contributed by atoms with Gasteiger partial charge in [0.25, 0.3) is 0 Å². The molecule has 72 valence electrons. The number of hydrogen-bond donors (Lipinski definition) is 1. The molecule has 5 heteroatoms. The predicted molar refractivity (Wildman–Crippen MR) is 51.2 cm³/mol. The smallest absolute Gasteiger partial charge is 0.307 e. The van der Waals surface area contributed by atoms with E-state index in [0.29, 0.717) is 5.69 Å². The van der Waals surface area contributed by atoms with E-state index in [-0.39, 0.29) is 6.42 Å². The number of rotatable bonds is 3. The summed E-state index contributed by atoms with van der Waals surface area (Å²) in [6, 6.07) is 3.51. The first-order valence-electron chi connectivity index (χ1n) is 3.96. The van der Waals surface area contributed by atoms with Crippen LogP contribution < -0.4 is 0 Å². The fourth-order valence-corrected chi connectivity index (χ4v) is 2.08. The third-order valence-electron chi connectivity index (χ3n) is 1.76. The molecule has 4 nitrogen and oxygen atoms in total. The van der Waals surface area contributed by atoms with Crippen LogP contribution in [0.15, 0.2) is 28.3 Å². The van der Waals surface area contributed by atoms with Crippen molar-refractivity contribution in [3.05, 3.63) is 29.3 Å². The summed E-state index contributed by atoms with van der Waals surface area (Å²) in [5, 5.41) is 14.3. The van der Waals surface area contributed by atoms with Crippen molar-refractivity contribution in [1.29, 1.82) is 0 Å². The largest absolute Gasteiger partial charge is 0.481 e. The molecule has 0 radical (unpaired) electrons. The molecule has 0 amide bonds. The molecule has 0 aliphatic carbocycles. The monoisotopic (exact) mass is 209 g/mol. The Morgan fingerprint density at radius 1 is 1.57 bits per heavy atom. The summed E-state index contributed by atoms with van der Waals surface area (Å²) in [4.78, 5) is 11.4. The number of aliphatic carboxylic acids is 1. The SMILES string of the molecule is O=C(O)Cc1ccsc1-c1ccon1. The van der Waals surface area contributed by atoms with Crippen molar-refractivity contribution in [2.24, 2.45) is 0 Å². The Morgan fingerprint density at radius 2 is 2.43 bits per heavy atom. The van der Waals surface area contributed by atoms with Crippen LogP contribution in [-0.2, 0) is 11.2 Å². The maximum Gasteiger partial charge on any atom is 0.307 e. The molecule has 14 heavy (non-hydrogen) atoms. The van der Waals surface area contributed by atoms with Crippen molar-refractivity contribution >= 4 is 17.3 Å². The van der Waals surface area contributed by atoms with E-state index in [1.165, 1.54) is 17.6 Å². The highest BCUT2D eigenvalue weighted by atomic mass is 32.1. The highest BCUT2D eigenvalue weighted by Crippen LogP contribution is 2.28. The molecule has 2 aromatic rings. The summed E-state index contributed by atoms with van der Waals surface area (Å²) < 4.78 is 4.71. The number of carbonyl (C=O) groups is 1. The minimum absolute atomic E-state index is 0.0195. The van der Waals surface area contributed by atoms with Crippen molar-refractivity contribution < 1.29 is 14.4 Å². The van der Waals surface area contributed by atoms with E-state index in [1.54, 1.807) is 12.1 Å². The van der Waals surface area contributed by atoms with Crippen molar-refractivity contribution in [2.75, 3.05) is 0 Å². The van der Waals surface area contributed by atoms with Gasteiger partial charge in [-0.2, -0.15) is 0 Å². The topological polar surface area (TPSA) is 63.3 Å². The number of carboxylic acid groups (broad SMARTS) is 1. The molecule has 0 atom stereocenters. The van der Waals surface area contributed by atoms with E-state index in [4.69, 9.17) is 9.63 Å². The molecule has 2 aromatic heterocycles. The van der Waals surface area contributed by atoms with E-state index < -0.39 is 5.97 Å². The van der Waals surface area contributed by atoms with Gasteiger partial charge in [-0.1, -0.05) is 5.16 Å². The number of carboxylic acids is 1. The maximum atomic E-state index is 10.5. The first-order valence-corrected chi connectivity index (χ1v) is 4.84. The molecule has 0 aliphatic heterocycles. The Labute approximate surface area is 83.8 Å². The Kier molecular flexibility index (Phi) is 2.32. The van der Waals surface area contributed by atoms with Crippen molar-refractivity contribution in [1.82, 2.24) is 5.16 Å². The fourth-order valence-electron chi connectivity index (χ4n) is 1.19. The zero-order valence-electron chi connectivity index (χ0n) is 7.14. The first-order chi connectivity index (χ1) is 6.77. The van der Waals surface area contributed by atoms with Crippen LogP contribution in [0.5, 0.6) is 0 Å². The van der Waals surface area contributed by atoms with Gasteiger partial charge in [-0.3, -0.25) is 4.79 Å². The van der Waals surface area contributed by atoms with E-state index in [9.17, 15) is 4.79 Å². The van der Waals surface area contributed by atoms with Crippen molar-refractivity contribution in [2.45, 2.75) is 6.42 Å². The molecule has 0 aliphatic rings. The van der Waals surface area contributed by atoms with E-state index in [0.717, 1.165) is 10.4 Å². The van der Waals surface area contributed by atoms with Crippen LogP contribution in [0.1, 0.15) is 5.56 Å². The quantitative estimate of drug-likeness (QED) is 0.840. The molecule has 2 rings (SSSR count). The summed E-state index contributed by atoms with van der Waals surface area (Å²) in [5.41, 5.74) is 1.47. The van der Waals surface area contributed by atoms with Crippen LogP contribution in [0.2, 0.25) is 0 Å². The van der Waals surface area contributed by atoms with Crippen LogP contribution >= 0.6 is 11.3 Å². The van der Waals surface area contributed by atoms with E-state index in [2.05, 4.69) is 5.16 Å². The molecule has 0 saturated heterocycles. The van der Waals surface area contributed by atoms with Gasteiger partial charge in [0, 0.05) is 6.07 Å². The van der Waals surface area contributed by atoms with Gasteiger partial charge in [-0.15, -0.1) is 11.3 Å². The van der Waals surface area contributed by atoms with Crippen molar-refractivity contribution in [3.63, 3.8) is 0 Å².